The monoisotopic (exact) mass is 1110 g/mol. The molecule has 20 heteroatoms. The van der Waals surface area contributed by atoms with Crippen molar-refractivity contribution in [2.24, 2.45) is 0 Å². The average Bonchev–Trinajstić information content (AvgIpc) is 3.40. The van der Waals surface area contributed by atoms with Crippen molar-refractivity contribution in [3.05, 3.63) is 193 Å². The first kappa shape index (κ1) is 54.5. The molecule has 0 bridgehead atoms. The molecule has 0 aromatic heterocycles. The zero-order valence-corrected chi connectivity index (χ0v) is 44.8. The molecule has 0 saturated heterocycles. The van der Waals surface area contributed by atoms with Crippen LogP contribution in [-0.2, 0) is 45.3 Å². The van der Waals surface area contributed by atoms with Gasteiger partial charge in [-0.3, -0.25) is 9.11 Å². The largest absolute Gasteiger partial charge is 0.497 e. The second-order valence-electron chi connectivity index (χ2n) is 18.2. The molecule has 0 aliphatic carbocycles. The molecule has 0 fully saturated rings. The van der Waals surface area contributed by atoms with Crippen molar-refractivity contribution in [1.82, 2.24) is 0 Å². The highest BCUT2D eigenvalue weighted by molar-refractivity contribution is 7.92. The number of benzene rings is 8. The average molecular weight is 1110 g/mol. The Kier molecular flexibility index (Phi) is 15.2. The van der Waals surface area contributed by atoms with Gasteiger partial charge in [-0.05, 0) is 184 Å². The van der Waals surface area contributed by atoms with Gasteiger partial charge >= 0.3 is 0 Å². The molecular weight excluding hydrogens is 1060 g/mol. The maximum absolute atomic E-state index is 14.0. The van der Waals surface area contributed by atoms with Crippen LogP contribution in [0, 0.1) is 6.92 Å². The highest BCUT2D eigenvalue weighted by Gasteiger charge is 2.42. The van der Waals surface area contributed by atoms with Gasteiger partial charge in [0.1, 0.15) is 72.9 Å². The third kappa shape index (κ3) is 12.2. The molecule has 8 rings (SSSR count). The Morgan fingerprint density at radius 2 is 0.671 bits per heavy atom. The molecule has 8 aromatic carbocycles. The zero-order valence-electron chi connectivity index (χ0n) is 41.6. The first-order valence-corrected chi connectivity index (χ1v) is 28.8. The van der Waals surface area contributed by atoms with Crippen LogP contribution < -0.4 is 28.4 Å². The van der Waals surface area contributed by atoms with Gasteiger partial charge in [-0.1, -0.05) is 43.7 Å². The summed E-state index contributed by atoms with van der Waals surface area (Å²) >= 11 is 0. The number of hydrogen-bond acceptors (Lipinski definition) is 14. The second kappa shape index (κ2) is 21.1. The zero-order chi connectivity index (χ0) is 54.8. The first-order valence-electron chi connectivity index (χ1n) is 23.0. The predicted octanol–water partition coefficient (Wildman–Crippen LogP) is 12.5. The van der Waals surface area contributed by atoms with Gasteiger partial charge in [0.2, 0.25) is 19.7 Å². The van der Waals surface area contributed by atoms with Gasteiger partial charge in [0.15, 0.2) is 0 Å². The molecule has 394 valence electrons. The number of rotatable bonds is 19. The molecule has 16 nitrogen and oxygen atoms in total. The molecule has 0 saturated carbocycles. The van der Waals surface area contributed by atoms with Gasteiger partial charge in [-0.2, -0.15) is 16.8 Å². The van der Waals surface area contributed by atoms with Crippen molar-refractivity contribution < 1.29 is 71.2 Å². The molecule has 0 heterocycles. The lowest BCUT2D eigenvalue weighted by Crippen LogP contribution is -2.47. The smallest absolute Gasteiger partial charge is 0.298 e. The summed E-state index contributed by atoms with van der Waals surface area (Å²) in [6, 6.07) is 45.0. The fourth-order valence-corrected chi connectivity index (χ4v) is 11.6. The molecule has 8 aromatic rings. The minimum absolute atomic E-state index is 0.104. The van der Waals surface area contributed by atoms with Crippen molar-refractivity contribution in [1.29, 1.82) is 0 Å². The normalized spacial score (nSPS) is 12.4. The molecular formula is C56H50O16S4. The Morgan fingerprint density at radius 3 is 1.07 bits per heavy atom. The summed E-state index contributed by atoms with van der Waals surface area (Å²) in [4.78, 5) is -2.83. The SMILES string of the molecule is COc1ccc(S(=O)(=O)c2ccc(Oc3ccc(Oc4ccc(C(C)(C)C(C)(C)Oc5ccc(S(=O)(=O)c6ccc(Oc7ccc(Oc8ccc(C)cc8)cc7)c(S(=O)(=O)O)c6)cc5S(=O)(=O)O)cc4)cc3)cc2)cc1. The van der Waals surface area contributed by atoms with Gasteiger partial charge < -0.3 is 28.4 Å². The van der Waals surface area contributed by atoms with Crippen LogP contribution in [0.15, 0.2) is 211 Å². The molecule has 76 heavy (non-hydrogen) atoms. The van der Waals surface area contributed by atoms with Crippen molar-refractivity contribution in [2.75, 3.05) is 7.11 Å². The number of sulfone groups is 2. The van der Waals surface area contributed by atoms with E-state index in [4.69, 9.17) is 28.4 Å². The number of aryl methyl sites for hydroxylation is 1. The van der Waals surface area contributed by atoms with Crippen LogP contribution in [0.2, 0.25) is 0 Å². The van der Waals surface area contributed by atoms with E-state index in [1.165, 1.54) is 43.5 Å². The van der Waals surface area contributed by atoms with Crippen LogP contribution in [0.3, 0.4) is 0 Å². The fraction of sp³-hybridized carbons (Fsp3) is 0.143. The Balaban J connectivity index is 0.932. The van der Waals surface area contributed by atoms with E-state index in [9.17, 15) is 42.8 Å². The predicted molar refractivity (Wildman–Crippen MR) is 281 cm³/mol. The summed E-state index contributed by atoms with van der Waals surface area (Å²) in [6.45, 7) is 9.00. The summed E-state index contributed by atoms with van der Waals surface area (Å²) in [5.74, 6) is 2.76. The number of hydrogen-bond donors (Lipinski definition) is 2. The second-order valence-corrected chi connectivity index (χ2v) is 24.9. The topological polar surface area (TPSA) is 232 Å². The van der Waals surface area contributed by atoms with Crippen LogP contribution in [-0.4, -0.2) is 55.5 Å². The van der Waals surface area contributed by atoms with E-state index in [0.29, 0.717) is 52.4 Å². The van der Waals surface area contributed by atoms with E-state index in [2.05, 4.69) is 0 Å². The lowest BCUT2D eigenvalue weighted by molar-refractivity contribution is 0.0327. The van der Waals surface area contributed by atoms with E-state index in [-0.39, 0.29) is 21.3 Å². The minimum Gasteiger partial charge on any atom is -0.497 e. The van der Waals surface area contributed by atoms with Crippen molar-refractivity contribution >= 4 is 39.9 Å². The van der Waals surface area contributed by atoms with Crippen LogP contribution in [0.1, 0.15) is 38.8 Å². The summed E-state index contributed by atoms with van der Waals surface area (Å²) < 4.78 is 161. The maximum atomic E-state index is 14.0. The molecule has 0 unspecified atom stereocenters. The number of methoxy groups -OCH3 is 1. The molecule has 0 atom stereocenters. The van der Waals surface area contributed by atoms with Gasteiger partial charge in [0.05, 0.1) is 26.7 Å². The van der Waals surface area contributed by atoms with E-state index < -0.39 is 76.3 Å². The van der Waals surface area contributed by atoms with Gasteiger partial charge in [-0.15, -0.1) is 0 Å². The summed E-state index contributed by atoms with van der Waals surface area (Å²) in [5.41, 5.74) is -0.357. The third-order valence-electron chi connectivity index (χ3n) is 12.6. The third-order valence-corrected chi connectivity index (χ3v) is 17.8. The van der Waals surface area contributed by atoms with E-state index in [0.717, 1.165) is 35.4 Å². The van der Waals surface area contributed by atoms with Crippen LogP contribution in [0.5, 0.6) is 57.5 Å². The molecule has 0 amide bonds. The van der Waals surface area contributed by atoms with E-state index >= 15 is 0 Å². The summed E-state index contributed by atoms with van der Waals surface area (Å²) in [7, 11) is -17.2. The molecule has 0 aliphatic heterocycles. The van der Waals surface area contributed by atoms with Gasteiger partial charge in [-0.25, -0.2) is 16.8 Å². The molecule has 0 aliphatic rings. The number of ether oxygens (including phenoxy) is 6. The standard InChI is InChI=1S/C56H50O16S4/c1-37-7-11-40(12-8-37)68-44-19-21-46(22-20-44)71-51-33-31-49(35-53(51)75(61,62)63)74(59,60)50-32-34-52(54(36-50)76(64,65)66)72-56(4,5)55(2,3)38-9-13-41(14-10-38)69-42-15-17-43(18-16-42)70-45-25-29-48(30-26-45)73(57,58)47-27-23-39(67-6)24-28-47/h7-36H,1-6H3,(H,61,62,63)(H,64,65,66). The van der Waals surface area contributed by atoms with Crippen molar-refractivity contribution in [2.45, 2.75) is 75.0 Å². The first-order chi connectivity index (χ1) is 35.7. The van der Waals surface area contributed by atoms with Crippen LogP contribution in [0.4, 0.5) is 0 Å². The van der Waals surface area contributed by atoms with E-state index in [1.54, 1.807) is 111 Å². The lowest BCUT2D eigenvalue weighted by Gasteiger charge is -2.42. The van der Waals surface area contributed by atoms with Crippen LogP contribution in [0.25, 0.3) is 0 Å². The maximum Gasteiger partial charge on any atom is 0.298 e. The molecule has 2 N–H and O–H groups in total. The highest BCUT2D eigenvalue weighted by atomic mass is 32.2. The van der Waals surface area contributed by atoms with Crippen molar-refractivity contribution in [3.63, 3.8) is 0 Å². The minimum atomic E-state index is -5.15. The summed E-state index contributed by atoms with van der Waals surface area (Å²) in [5, 5.41) is 0. The fourth-order valence-electron chi connectivity index (χ4n) is 7.58. The van der Waals surface area contributed by atoms with Crippen molar-refractivity contribution in [3.8, 4) is 57.5 Å². The Morgan fingerprint density at radius 1 is 0.368 bits per heavy atom. The highest BCUT2D eigenvalue weighted by Crippen LogP contribution is 2.42. The summed E-state index contributed by atoms with van der Waals surface area (Å²) in [6.07, 6.45) is 0. The molecule has 0 spiro atoms. The van der Waals surface area contributed by atoms with Gasteiger partial charge in [0.25, 0.3) is 20.2 Å². The Bertz CT molecular complexity index is 3860. The van der Waals surface area contributed by atoms with E-state index in [1.807, 2.05) is 32.9 Å². The quantitative estimate of drug-likeness (QED) is 0.0717. The van der Waals surface area contributed by atoms with Crippen LogP contribution >= 0.6 is 0 Å². The molecule has 0 radical (unpaired) electrons. The Labute approximate surface area is 441 Å². The Hall–Kier alpha value is -7.72. The van der Waals surface area contributed by atoms with Gasteiger partial charge in [0, 0.05) is 5.41 Å². The lowest BCUT2D eigenvalue weighted by atomic mass is 9.71.